The molecular weight excluding hydrogens is 208 g/mol. The molecule has 2 aliphatic rings. The van der Waals surface area contributed by atoms with Gasteiger partial charge in [0.25, 0.3) is 0 Å². The number of rotatable bonds is 10. The van der Waals surface area contributed by atoms with Gasteiger partial charge < -0.3 is 5.32 Å². The van der Waals surface area contributed by atoms with Gasteiger partial charge in [-0.15, -0.1) is 0 Å². The first-order valence-electron chi connectivity index (χ1n) is 7.80. The highest BCUT2D eigenvalue weighted by molar-refractivity contribution is 4.86. The lowest BCUT2D eigenvalue weighted by Crippen LogP contribution is -2.44. The van der Waals surface area contributed by atoms with Gasteiger partial charge in [0.2, 0.25) is 0 Å². The highest BCUT2D eigenvalue weighted by Gasteiger charge is 2.28. The summed E-state index contributed by atoms with van der Waals surface area (Å²) in [6, 6.07) is 1.65. The number of nitrogens with one attached hydrogen (secondary N) is 1. The smallest absolute Gasteiger partial charge is 0.0220 e. The lowest BCUT2D eigenvalue weighted by atomic mass is 10.1. The van der Waals surface area contributed by atoms with E-state index in [-0.39, 0.29) is 0 Å². The summed E-state index contributed by atoms with van der Waals surface area (Å²) in [5, 5.41) is 3.73. The summed E-state index contributed by atoms with van der Waals surface area (Å²) in [5.74, 6) is 1.03. The van der Waals surface area contributed by atoms with Crippen LogP contribution in [0.4, 0.5) is 0 Å². The molecule has 1 N–H and O–H groups in total. The van der Waals surface area contributed by atoms with Gasteiger partial charge in [-0.2, -0.15) is 0 Å². The minimum Gasteiger partial charge on any atom is -0.312 e. The van der Waals surface area contributed by atoms with E-state index in [1.165, 1.54) is 64.6 Å². The van der Waals surface area contributed by atoms with Crippen LogP contribution >= 0.6 is 0 Å². The van der Waals surface area contributed by atoms with Gasteiger partial charge in [0.1, 0.15) is 0 Å². The van der Waals surface area contributed by atoms with E-state index >= 15 is 0 Å². The summed E-state index contributed by atoms with van der Waals surface area (Å²) < 4.78 is 0. The summed E-state index contributed by atoms with van der Waals surface area (Å²) in [6.07, 6.45) is 9.78. The molecule has 0 aromatic carbocycles. The highest BCUT2D eigenvalue weighted by Crippen LogP contribution is 2.31. The maximum absolute atomic E-state index is 3.73. The molecule has 1 unspecified atom stereocenters. The number of nitrogens with zero attached hydrogens (tertiary/aromatic N) is 1. The van der Waals surface area contributed by atoms with Crippen molar-refractivity contribution >= 4 is 0 Å². The molecule has 17 heavy (non-hydrogen) atoms. The maximum Gasteiger partial charge on any atom is 0.0220 e. The van der Waals surface area contributed by atoms with Crippen molar-refractivity contribution in [1.82, 2.24) is 10.2 Å². The minimum atomic E-state index is 0.793. The Kier molecular flexibility index (Phi) is 5.30. The van der Waals surface area contributed by atoms with E-state index in [9.17, 15) is 0 Å². The van der Waals surface area contributed by atoms with E-state index in [4.69, 9.17) is 0 Å². The Morgan fingerprint density at radius 1 is 1.12 bits per heavy atom. The third kappa shape index (κ3) is 4.97. The standard InChI is InChI=1S/C15H30N2/c1-3-5-15(11-16-14-8-9-14)17(10-4-2)12-13-6-7-13/h13-16H,3-12H2,1-2H3. The van der Waals surface area contributed by atoms with Crippen LogP contribution in [0, 0.1) is 5.92 Å². The molecule has 0 spiro atoms. The molecule has 0 aromatic heterocycles. The number of hydrogen-bond donors (Lipinski definition) is 1. The van der Waals surface area contributed by atoms with Crippen LogP contribution in [0.25, 0.3) is 0 Å². The van der Waals surface area contributed by atoms with Gasteiger partial charge in [-0.05, 0) is 51.0 Å². The van der Waals surface area contributed by atoms with E-state index in [2.05, 4.69) is 24.1 Å². The zero-order valence-electron chi connectivity index (χ0n) is 11.8. The van der Waals surface area contributed by atoms with Gasteiger partial charge in [0, 0.05) is 25.2 Å². The lowest BCUT2D eigenvalue weighted by molar-refractivity contribution is 0.173. The van der Waals surface area contributed by atoms with Crippen LogP contribution < -0.4 is 5.32 Å². The monoisotopic (exact) mass is 238 g/mol. The van der Waals surface area contributed by atoms with Crippen LogP contribution in [0.2, 0.25) is 0 Å². The Morgan fingerprint density at radius 2 is 1.88 bits per heavy atom. The maximum atomic E-state index is 3.73. The van der Waals surface area contributed by atoms with Gasteiger partial charge >= 0.3 is 0 Å². The second-order valence-corrected chi connectivity index (χ2v) is 6.06. The summed E-state index contributed by atoms with van der Waals surface area (Å²) in [7, 11) is 0. The molecule has 2 heteroatoms. The first-order chi connectivity index (χ1) is 8.33. The highest BCUT2D eigenvalue weighted by atomic mass is 15.2. The SMILES string of the molecule is CCCC(CNC1CC1)N(CCC)CC1CC1. The van der Waals surface area contributed by atoms with Gasteiger partial charge in [-0.1, -0.05) is 20.3 Å². The second-order valence-electron chi connectivity index (χ2n) is 6.06. The average molecular weight is 238 g/mol. The van der Waals surface area contributed by atoms with Crippen LogP contribution in [-0.4, -0.2) is 36.6 Å². The fourth-order valence-electron chi connectivity index (χ4n) is 2.68. The molecule has 2 nitrogen and oxygen atoms in total. The molecule has 0 saturated heterocycles. The fraction of sp³-hybridized carbons (Fsp3) is 1.00. The predicted molar refractivity (Wildman–Crippen MR) is 74.3 cm³/mol. The Bertz CT molecular complexity index is 209. The van der Waals surface area contributed by atoms with E-state index in [1.807, 2.05) is 0 Å². The Hall–Kier alpha value is -0.0800. The molecule has 0 heterocycles. The summed E-state index contributed by atoms with van der Waals surface area (Å²) >= 11 is 0. The molecule has 2 saturated carbocycles. The molecule has 0 aliphatic heterocycles. The molecule has 0 amide bonds. The summed E-state index contributed by atoms with van der Waals surface area (Å²) in [6.45, 7) is 8.53. The first kappa shape index (κ1) is 13.4. The molecular formula is C15H30N2. The van der Waals surface area contributed by atoms with Gasteiger partial charge in [0.15, 0.2) is 0 Å². The summed E-state index contributed by atoms with van der Waals surface area (Å²) in [5.41, 5.74) is 0. The molecule has 0 bridgehead atoms. The van der Waals surface area contributed by atoms with E-state index < -0.39 is 0 Å². The van der Waals surface area contributed by atoms with Gasteiger partial charge in [-0.25, -0.2) is 0 Å². The van der Waals surface area contributed by atoms with E-state index in [0.29, 0.717) is 0 Å². The molecule has 0 aromatic rings. The van der Waals surface area contributed by atoms with Gasteiger partial charge in [-0.3, -0.25) is 4.90 Å². The van der Waals surface area contributed by atoms with Crippen molar-refractivity contribution in [2.45, 2.75) is 70.9 Å². The zero-order chi connectivity index (χ0) is 12.1. The van der Waals surface area contributed by atoms with Crippen molar-refractivity contribution in [1.29, 1.82) is 0 Å². The largest absolute Gasteiger partial charge is 0.312 e. The van der Waals surface area contributed by atoms with Crippen molar-refractivity contribution < 1.29 is 0 Å². The topological polar surface area (TPSA) is 15.3 Å². The second kappa shape index (κ2) is 6.75. The van der Waals surface area contributed by atoms with E-state index in [0.717, 1.165) is 18.0 Å². The van der Waals surface area contributed by atoms with Gasteiger partial charge in [0.05, 0.1) is 0 Å². The van der Waals surface area contributed by atoms with Crippen LogP contribution in [-0.2, 0) is 0 Å². The van der Waals surface area contributed by atoms with E-state index in [1.54, 1.807) is 0 Å². The van der Waals surface area contributed by atoms with Crippen molar-refractivity contribution in [3.05, 3.63) is 0 Å². The molecule has 2 fully saturated rings. The van der Waals surface area contributed by atoms with Crippen LogP contribution in [0.15, 0.2) is 0 Å². The summed E-state index contributed by atoms with van der Waals surface area (Å²) in [4.78, 5) is 2.77. The molecule has 2 aliphatic carbocycles. The van der Waals surface area contributed by atoms with Crippen LogP contribution in [0.5, 0.6) is 0 Å². The van der Waals surface area contributed by atoms with Crippen LogP contribution in [0.3, 0.4) is 0 Å². The van der Waals surface area contributed by atoms with Crippen molar-refractivity contribution in [2.24, 2.45) is 5.92 Å². The average Bonchev–Trinajstić information content (AvgIpc) is 3.17. The van der Waals surface area contributed by atoms with Crippen molar-refractivity contribution in [3.63, 3.8) is 0 Å². The Balaban J connectivity index is 1.78. The number of hydrogen-bond acceptors (Lipinski definition) is 2. The van der Waals surface area contributed by atoms with Crippen molar-refractivity contribution in [3.8, 4) is 0 Å². The quantitative estimate of drug-likeness (QED) is 0.629. The van der Waals surface area contributed by atoms with Crippen molar-refractivity contribution in [2.75, 3.05) is 19.6 Å². The molecule has 0 radical (unpaired) electrons. The fourth-order valence-corrected chi connectivity index (χ4v) is 2.68. The third-order valence-electron chi connectivity index (χ3n) is 4.06. The zero-order valence-corrected chi connectivity index (χ0v) is 11.8. The third-order valence-corrected chi connectivity index (χ3v) is 4.06. The Labute approximate surface area is 107 Å². The van der Waals surface area contributed by atoms with Crippen LogP contribution in [0.1, 0.15) is 58.8 Å². The molecule has 100 valence electrons. The first-order valence-corrected chi connectivity index (χ1v) is 7.80. The normalized spacial score (nSPS) is 22.1. The molecule has 1 atom stereocenters. The molecule has 2 rings (SSSR count). The Morgan fingerprint density at radius 3 is 2.41 bits per heavy atom. The lowest BCUT2D eigenvalue weighted by Gasteiger charge is -2.32. The minimum absolute atomic E-state index is 0.793. The predicted octanol–water partition coefficient (Wildman–Crippen LogP) is 3.03.